The first-order chi connectivity index (χ1) is 5.24. The SMILES string of the molecule is CCC(=O)c1ccc(N)cc1.Cl. The molecule has 0 bridgehead atoms. The molecule has 1 rings (SSSR count). The minimum absolute atomic E-state index is 0. The van der Waals surface area contributed by atoms with Gasteiger partial charge in [-0.15, -0.1) is 12.4 Å². The van der Waals surface area contributed by atoms with Crippen molar-refractivity contribution in [3.63, 3.8) is 0 Å². The molecule has 0 aromatic heterocycles. The summed E-state index contributed by atoms with van der Waals surface area (Å²) in [5, 5.41) is 0. The van der Waals surface area contributed by atoms with E-state index in [2.05, 4.69) is 0 Å². The first-order valence-electron chi connectivity index (χ1n) is 3.62. The summed E-state index contributed by atoms with van der Waals surface area (Å²) in [4.78, 5) is 11.1. The zero-order valence-electron chi connectivity index (χ0n) is 6.91. The molecule has 0 aliphatic heterocycles. The number of rotatable bonds is 2. The van der Waals surface area contributed by atoms with E-state index in [0.29, 0.717) is 12.1 Å². The quantitative estimate of drug-likeness (QED) is 0.568. The smallest absolute Gasteiger partial charge is 0.162 e. The number of anilines is 1. The average Bonchev–Trinajstić information content (AvgIpc) is 2.05. The van der Waals surface area contributed by atoms with Crippen molar-refractivity contribution in [3.05, 3.63) is 29.8 Å². The molecule has 0 fully saturated rings. The van der Waals surface area contributed by atoms with E-state index in [0.717, 1.165) is 5.56 Å². The van der Waals surface area contributed by atoms with E-state index in [1.54, 1.807) is 24.3 Å². The number of ketones is 1. The number of hydrogen-bond acceptors (Lipinski definition) is 2. The Morgan fingerprint density at radius 1 is 1.33 bits per heavy atom. The Kier molecular flexibility index (Phi) is 4.37. The monoisotopic (exact) mass is 185 g/mol. The van der Waals surface area contributed by atoms with Gasteiger partial charge < -0.3 is 5.73 Å². The normalized spacial score (nSPS) is 8.75. The molecule has 12 heavy (non-hydrogen) atoms. The highest BCUT2D eigenvalue weighted by atomic mass is 35.5. The van der Waals surface area contributed by atoms with Crippen LogP contribution in [-0.2, 0) is 0 Å². The maximum Gasteiger partial charge on any atom is 0.162 e. The fourth-order valence-electron chi connectivity index (χ4n) is 0.873. The van der Waals surface area contributed by atoms with Crippen molar-refractivity contribution in [3.8, 4) is 0 Å². The summed E-state index contributed by atoms with van der Waals surface area (Å²) in [5.74, 6) is 0.157. The Morgan fingerprint density at radius 3 is 2.25 bits per heavy atom. The third-order valence-corrected chi connectivity index (χ3v) is 1.55. The van der Waals surface area contributed by atoms with Crippen LogP contribution in [0.25, 0.3) is 0 Å². The molecule has 3 heteroatoms. The van der Waals surface area contributed by atoms with Crippen LogP contribution in [0.2, 0.25) is 0 Å². The van der Waals surface area contributed by atoms with Gasteiger partial charge in [0, 0.05) is 17.7 Å². The van der Waals surface area contributed by atoms with Gasteiger partial charge in [0.1, 0.15) is 0 Å². The Hall–Kier alpha value is -1.02. The standard InChI is InChI=1S/C9H11NO.ClH/c1-2-9(11)7-3-5-8(10)6-4-7;/h3-6H,2,10H2,1H3;1H. The third kappa shape index (κ3) is 2.55. The van der Waals surface area contributed by atoms with Crippen LogP contribution >= 0.6 is 12.4 Å². The molecule has 1 aromatic rings. The lowest BCUT2D eigenvalue weighted by atomic mass is 10.1. The van der Waals surface area contributed by atoms with Crippen LogP contribution in [0.4, 0.5) is 5.69 Å². The molecule has 2 nitrogen and oxygen atoms in total. The zero-order chi connectivity index (χ0) is 8.27. The summed E-state index contributed by atoms with van der Waals surface area (Å²) in [5.41, 5.74) is 6.89. The maximum atomic E-state index is 11.1. The molecular formula is C9H12ClNO. The third-order valence-electron chi connectivity index (χ3n) is 1.55. The number of nitrogen functional groups attached to an aromatic ring is 1. The summed E-state index contributed by atoms with van der Waals surface area (Å²) in [6, 6.07) is 6.98. The highest BCUT2D eigenvalue weighted by Gasteiger charge is 2.00. The summed E-state index contributed by atoms with van der Waals surface area (Å²) in [7, 11) is 0. The van der Waals surface area contributed by atoms with Gasteiger partial charge in [0.15, 0.2) is 5.78 Å². The number of Topliss-reactive ketones (excluding diaryl/α,β-unsaturated/α-hetero) is 1. The maximum absolute atomic E-state index is 11.1. The molecule has 0 radical (unpaired) electrons. The summed E-state index contributed by atoms with van der Waals surface area (Å²) >= 11 is 0. The highest BCUT2D eigenvalue weighted by Crippen LogP contribution is 2.07. The van der Waals surface area contributed by atoms with E-state index in [1.165, 1.54) is 0 Å². The number of hydrogen-bond donors (Lipinski definition) is 1. The van der Waals surface area contributed by atoms with Crippen molar-refractivity contribution < 1.29 is 4.79 Å². The van der Waals surface area contributed by atoms with Crippen molar-refractivity contribution in [1.29, 1.82) is 0 Å². The van der Waals surface area contributed by atoms with Crippen LogP contribution in [-0.4, -0.2) is 5.78 Å². The molecule has 2 N–H and O–H groups in total. The molecule has 0 amide bonds. The average molecular weight is 186 g/mol. The van der Waals surface area contributed by atoms with Gasteiger partial charge in [0.25, 0.3) is 0 Å². The van der Waals surface area contributed by atoms with Crippen LogP contribution in [0.5, 0.6) is 0 Å². The topological polar surface area (TPSA) is 43.1 Å². The fourth-order valence-corrected chi connectivity index (χ4v) is 0.873. The van der Waals surface area contributed by atoms with Gasteiger partial charge in [-0.05, 0) is 24.3 Å². The molecule has 66 valence electrons. The molecule has 0 saturated carbocycles. The van der Waals surface area contributed by atoms with Crippen molar-refractivity contribution in [2.45, 2.75) is 13.3 Å². The first-order valence-corrected chi connectivity index (χ1v) is 3.62. The van der Waals surface area contributed by atoms with Gasteiger partial charge in [-0.25, -0.2) is 0 Å². The molecule has 0 atom stereocenters. The molecule has 0 heterocycles. The van der Waals surface area contributed by atoms with E-state index in [1.807, 2.05) is 6.92 Å². The van der Waals surface area contributed by atoms with Crippen molar-refractivity contribution >= 4 is 23.9 Å². The Balaban J connectivity index is 0.00000121. The lowest BCUT2D eigenvalue weighted by Crippen LogP contribution is -1.96. The van der Waals surface area contributed by atoms with Gasteiger partial charge in [-0.2, -0.15) is 0 Å². The van der Waals surface area contributed by atoms with Crippen LogP contribution in [0, 0.1) is 0 Å². The van der Waals surface area contributed by atoms with Crippen molar-refractivity contribution in [2.75, 3.05) is 5.73 Å². The molecular weight excluding hydrogens is 174 g/mol. The van der Waals surface area contributed by atoms with Gasteiger partial charge >= 0.3 is 0 Å². The van der Waals surface area contributed by atoms with Crippen molar-refractivity contribution in [1.82, 2.24) is 0 Å². The van der Waals surface area contributed by atoms with Gasteiger partial charge in [0.2, 0.25) is 0 Å². The van der Waals surface area contributed by atoms with E-state index in [-0.39, 0.29) is 18.2 Å². The number of benzene rings is 1. The van der Waals surface area contributed by atoms with Crippen molar-refractivity contribution in [2.24, 2.45) is 0 Å². The molecule has 0 spiro atoms. The second-order valence-corrected chi connectivity index (χ2v) is 2.40. The van der Waals surface area contributed by atoms with E-state index >= 15 is 0 Å². The van der Waals surface area contributed by atoms with Crippen LogP contribution in [0.1, 0.15) is 23.7 Å². The van der Waals surface area contributed by atoms with Gasteiger partial charge in [-0.1, -0.05) is 6.92 Å². The first kappa shape index (κ1) is 11.0. The minimum atomic E-state index is 0. The van der Waals surface area contributed by atoms with E-state index < -0.39 is 0 Å². The van der Waals surface area contributed by atoms with E-state index in [9.17, 15) is 4.79 Å². The predicted octanol–water partition coefficient (Wildman–Crippen LogP) is 2.28. The zero-order valence-corrected chi connectivity index (χ0v) is 7.73. The van der Waals surface area contributed by atoms with Gasteiger partial charge in [-0.3, -0.25) is 4.79 Å². The largest absolute Gasteiger partial charge is 0.399 e. The lowest BCUT2D eigenvalue weighted by molar-refractivity contribution is 0.0988. The molecule has 0 saturated heterocycles. The Bertz CT molecular complexity index is 256. The van der Waals surface area contributed by atoms with E-state index in [4.69, 9.17) is 5.73 Å². The molecule has 0 aliphatic carbocycles. The van der Waals surface area contributed by atoms with Crippen LogP contribution in [0.15, 0.2) is 24.3 Å². The second-order valence-electron chi connectivity index (χ2n) is 2.40. The summed E-state index contributed by atoms with van der Waals surface area (Å²) in [6.45, 7) is 1.85. The summed E-state index contributed by atoms with van der Waals surface area (Å²) < 4.78 is 0. The highest BCUT2D eigenvalue weighted by molar-refractivity contribution is 5.96. The number of halogens is 1. The van der Waals surface area contributed by atoms with Crippen LogP contribution < -0.4 is 5.73 Å². The molecule has 0 aliphatic rings. The number of carbonyl (C=O) groups excluding carboxylic acids is 1. The Labute approximate surface area is 78.2 Å². The molecule has 0 unspecified atom stereocenters. The molecule has 1 aromatic carbocycles. The number of nitrogens with two attached hydrogens (primary N) is 1. The summed E-state index contributed by atoms with van der Waals surface area (Å²) in [6.07, 6.45) is 0.546. The van der Waals surface area contributed by atoms with Crippen LogP contribution in [0.3, 0.4) is 0 Å². The predicted molar refractivity (Wildman–Crippen MR) is 52.7 cm³/mol. The number of carbonyl (C=O) groups is 1. The lowest BCUT2D eigenvalue weighted by Gasteiger charge is -1.96. The minimum Gasteiger partial charge on any atom is -0.399 e. The van der Waals surface area contributed by atoms with Gasteiger partial charge in [0.05, 0.1) is 0 Å². The fraction of sp³-hybridized carbons (Fsp3) is 0.222. The second kappa shape index (κ2) is 4.78. The Morgan fingerprint density at radius 2 is 1.83 bits per heavy atom.